The van der Waals surface area contributed by atoms with Crippen molar-refractivity contribution in [3.05, 3.63) is 58.1 Å². The number of benzene rings is 2. The van der Waals surface area contributed by atoms with Gasteiger partial charge in [-0.05, 0) is 41.5 Å². The second kappa shape index (κ2) is 5.69. The maximum atomic E-state index is 12.0. The van der Waals surface area contributed by atoms with Crippen molar-refractivity contribution < 1.29 is 9.59 Å². The molecule has 0 saturated heterocycles. The number of carbonyl (C=O) groups excluding carboxylic acids is 2. The van der Waals surface area contributed by atoms with Crippen LogP contribution in [0.3, 0.4) is 0 Å². The molecular formula is C16H13BrN2O2. The van der Waals surface area contributed by atoms with Gasteiger partial charge in [0.05, 0.1) is 12.8 Å². The van der Waals surface area contributed by atoms with Gasteiger partial charge in [-0.3, -0.25) is 9.59 Å². The number of nitrogens with one attached hydrogen (secondary N) is 2. The van der Waals surface area contributed by atoms with Gasteiger partial charge in [0.15, 0.2) is 0 Å². The van der Waals surface area contributed by atoms with Gasteiger partial charge in [-0.15, -0.1) is 0 Å². The Hall–Kier alpha value is -2.14. The summed E-state index contributed by atoms with van der Waals surface area (Å²) in [6.45, 7) is 0. The highest BCUT2D eigenvalue weighted by Crippen LogP contribution is 2.24. The molecule has 4 nitrogen and oxygen atoms in total. The van der Waals surface area contributed by atoms with Crippen LogP contribution in [-0.4, -0.2) is 11.8 Å². The maximum absolute atomic E-state index is 12.0. The third-order valence-electron chi connectivity index (χ3n) is 3.29. The molecule has 5 heteroatoms. The third-order valence-corrected chi connectivity index (χ3v) is 3.82. The molecule has 0 radical (unpaired) electrons. The summed E-state index contributed by atoms with van der Waals surface area (Å²) < 4.78 is 0.969. The lowest BCUT2D eigenvalue weighted by molar-refractivity contribution is -0.116. The van der Waals surface area contributed by atoms with Gasteiger partial charge in [-0.25, -0.2) is 0 Å². The third kappa shape index (κ3) is 3.31. The normalized spacial score (nSPS) is 12.7. The van der Waals surface area contributed by atoms with Crippen LogP contribution in [0.1, 0.15) is 11.1 Å². The van der Waals surface area contributed by atoms with Gasteiger partial charge < -0.3 is 10.6 Å². The highest BCUT2D eigenvalue weighted by Gasteiger charge is 2.17. The van der Waals surface area contributed by atoms with E-state index in [1.807, 2.05) is 42.5 Å². The molecule has 0 atom stereocenters. The van der Waals surface area contributed by atoms with Crippen LogP contribution in [0.2, 0.25) is 0 Å². The SMILES string of the molecule is O=C(Cc1ccc2c(c1)CC(=O)N2)Nc1ccc(Br)cc1. The van der Waals surface area contributed by atoms with E-state index < -0.39 is 0 Å². The summed E-state index contributed by atoms with van der Waals surface area (Å²) in [5, 5.41) is 5.63. The van der Waals surface area contributed by atoms with Crippen molar-refractivity contribution in [2.24, 2.45) is 0 Å². The molecule has 0 fully saturated rings. The molecule has 1 aliphatic rings. The van der Waals surface area contributed by atoms with E-state index in [9.17, 15) is 9.59 Å². The first-order valence-electron chi connectivity index (χ1n) is 6.57. The molecule has 0 bridgehead atoms. The number of anilines is 2. The molecule has 0 unspecified atom stereocenters. The summed E-state index contributed by atoms with van der Waals surface area (Å²) in [4.78, 5) is 23.3. The molecule has 3 rings (SSSR count). The van der Waals surface area contributed by atoms with Crippen molar-refractivity contribution in [3.8, 4) is 0 Å². The number of hydrogen-bond acceptors (Lipinski definition) is 2. The fourth-order valence-corrected chi connectivity index (χ4v) is 2.58. The Balaban J connectivity index is 1.66. The maximum Gasteiger partial charge on any atom is 0.228 e. The fraction of sp³-hybridized carbons (Fsp3) is 0.125. The lowest BCUT2D eigenvalue weighted by Crippen LogP contribution is -2.14. The minimum atomic E-state index is -0.0745. The van der Waals surface area contributed by atoms with Gasteiger partial charge >= 0.3 is 0 Å². The summed E-state index contributed by atoms with van der Waals surface area (Å²) in [5.41, 5.74) is 3.46. The van der Waals surface area contributed by atoms with Crippen LogP contribution in [0.4, 0.5) is 11.4 Å². The van der Waals surface area contributed by atoms with Crippen LogP contribution < -0.4 is 10.6 Å². The van der Waals surface area contributed by atoms with Gasteiger partial charge in [-0.2, -0.15) is 0 Å². The van der Waals surface area contributed by atoms with Crippen molar-refractivity contribution in [1.29, 1.82) is 0 Å². The smallest absolute Gasteiger partial charge is 0.228 e. The Kier molecular flexibility index (Phi) is 3.75. The van der Waals surface area contributed by atoms with E-state index in [1.54, 1.807) is 0 Å². The topological polar surface area (TPSA) is 58.2 Å². The summed E-state index contributed by atoms with van der Waals surface area (Å²) in [6, 6.07) is 13.1. The Bertz CT molecular complexity index is 711. The van der Waals surface area contributed by atoms with E-state index >= 15 is 0 Å². The number of halogens is 1. The Morgan fingerprint density at radius 2 is 1.95 bits per heavy atom. The highest BCUT2D eigenvalue weighted by atomic mass is 79.9. The Morgan fingerprint density at radius 1 is 1.19 bits per heavy atom. The molecule has 0 aliphatic carbocycles. The van der Waals surface area contributed by atoms with Crippen molar-refractivity contribution >= 4 is 39.1 Å². The first kappa shape index (κ1) is 13.8. The average Bonchev–Trinajstić information content (AvgIpc) is 2.80. The van der Waals surface area contributed by atoms with E-state index in [0.29, 0.717) is 6.42 Å². The van der Waals surface area contributed by atoms with Crippen LogP contribution in [-0.2, 0) is 22.4 Å². The zero-order valence-corrected chi connectivity index (χ0v) is 12.7. The number of amides is 2. The lowest BCUT2D eigenvalue weighted by atomic mass is 10.1. The molecule has 1 heterocycles. The standard InChI is InChI=1S/C16H13BrN2O2/c17-12-2-4-13(5-3-12)18-15(20)8-10-1-6-14-11(7-10)9-16(21)19-14/h1-7H,8-9H2,(H,18,20)(H,19,21). The molecule has 2 amide bonds. The Labute approximate surface area is 130 Å². The summed E-state index contributed by atoms with van der Waals surface area (Å²) in [5.74, 6) is -0.0731. The van der Waals surface area contributed by atoms with Gasteiger partial charge in [0.2, 0.25) is 11.8 Å². The second-order valence-electron chi connectivity index (χ2n) is 4.95. The monoisotopic (exact) mass is 344 g/mol. The second-order valence-corrected chi connectivity index (χ2v) is 5.86. The van der Waals surface area contributed by atoms with Crippen molar-refractivity contribution in [2.75, 3.05) is 10.6 Å². The lowest BCUT2D eigenvalue weighted by Gasteiger charge is -2.07. The molecule has 1 aliphatic heterocycles. The van der Waals surface area contributed by atoms with Gasteiger partial charge in [-0.1, -0.05) is 28.1 Å². The first-order chi connectivity index (χ1) is 10.1. The van der Waals surface area contributed by atoms with Crippen LogP contribution >= 0.6 is 15.9 Å². The molecule has 2 aromatic carbocycles. The quantitative estimate of drug-likeness (QED) is 0.898. The number of fused-ring (bicyclic) bond motifs is 1. The van der Waals surface area contributed by atoms with Crippen LogP contribution in [0.15, 0.2) is 46.9 Å². The number of hydrogen-bond donors (Lipinski definition) is 2. The molecule has 21 heavy (non-hydrogen) atoms. The van der Waals surface area contributed by atoms with Gasteiger partial charge in [0.25, 0.3) is 0 Å². The minimum Gasteiger partial charge on any atom is -0.326 e. The summed E-state index contributed by atoms with van der Waals surface area (Å²) in [7, 11) is 0. The molecule has 2 N–H and O–H groups in total. The van der Waals surface area contributed by atoms with E-state index in [4.69, 9.17) is 0 Å². The van der Waals surface area contributed by atoms with Gasteiger partial charge in [0, 0.05) is 15.8 Å². The highest BCUT2D eigenvalue weighted by molar-refractivity contribution is 9.10. The largest absolute Gasteiger partial charge is 0.326 e. The van der Waals surface area contributed by atoms with Crippen LogP contribution in [0.5, 0.6) is 0 Å². The molecule has 0 aromatic heterocycles. The van der Waals surface area contributed by atoms with E-state index in [0.717, 1.165) is 27.0 Å². The molecular weight excluding hydrogens is 332 g/mol. The number of carbonyl (C=O) groups is 2. The fourth-order valence-electron chi connectivity index (χ4n) is 2.32. The molecule has 106 valence electrons. The van der Waals surface area contributed by atoms with E-state index in [2.05, 4.69) is 26.6 Å². The summed E-state index contributed by atoms with van der Waals surface area (Å²) in [6.07, 6.45) is 0.676. The molecule has 0 spiro atoms. The first-order valence-corrected chi connectivity index (χ1v) is 7.36. The van der Waals surface area contributed by atoms with Crippen LogP contribution in [0.25, 0.3) is 0 Å². The molecule has 0 saturated carbocycles. The van der Waals surface area contributed by atoms with Crippen LogP contribution in [0, 0.1) is 0 Å². The van der Waals surface area contributed by atoms with E-state index in [-0.39, 0.29) is 18.2 Å². The zero-order valence-electron chi connectivity index (χ0n) is 11.2. The van der Waals surface area contributed by atoms with Gasteiger partial charge in [0.1, 0.15) is 0 Å². The number of rotatable bonds is 3. The van der Waals surface area contributed by atoms with Crippen molar-refractivity contribution in [2.45, 2.75) is 12.8 Å². The predicted octanol–water partition coefficient (Wildman–Crippen LogP) is 3.12. The average molecular weight is 345 g/mol. The zero-order chi connectivity index (χ0) is 14.8. The van der Waals surface area contributed by atoms with Crippen molar-refractivity contribution in [1.82, 2.24) is 0 Å². The minimum absolute atomic E-state index is 0.00136. The van der Waals surface area contributed by atoms with Crippen molar-refractivity contribution in [3.63, 3.8) is 0 Å². The predicted molar refractivity (Wildman–Crippen MR) is 85.3 cm³/mol. The summed E-state index contributed by atoms with van der Waals surface area (Å²) >= 11 is 3.35. The molecule has 2 aromatic rings. The Morgan fingerprint density at radius 3 is 2.71 bits per heavy atom. The van der Waals surface area contributed by atoms with E-state index in [1.165, 1.54) is 0 Å².